The Kier molecular flexibility index (Phi) is 8.12. The second kappa shape index (κ2) is 11.8. The smallest absolute Gasteiger partial charge is 0.253 e. The summed E-state index contributed by atoms with van der Waals surface area (Å²) in [4.78, 5) is 44.0. The summed E-state index contributed by atoms with van der Waals surface area (Å²) in [5.41, 5.74) is 7.20. The maximum atomic E-state index is 14.1. The molecule has 0 bridgehead atoms. The van der Waals surface area contributed by atoms with Crippen LogP contribution < -0.4 is 10.6 Å². The van der Waals surface area contributed by atoms with Crippen molar-refractivity contribution >= 4 is 23.5 Å². The van der Waals surface area contributed by atoms with Crippen molar-refractivity contribution < 1.29 is 31.9 Å². The third kappa shape index (κ3) is 6.05. The first kappa shape index (κ1) is 29.0. The number of piperazine rings is 1. The Labute approximate surface area is 238 Å². The van der Waals surface area contributed by atoms with E-state index in [0.717, 1.165) is 6.07 Å². The Balaban J connectivity index is 1.26. The van der Waals surface area contributed by atoms with Gasteiger partial charge < -0.3 is 15.5 Å². The van der Waals surface area contributed by atoms with E-state index in [-0.39, 0.29) is 68.5 Å². The zero-order valence-corrected chi connectivity index (χ0v) is 22.7. The van der Waals surface area contributed by atoms with Gasteiger partial charge in [0.15, 0.2) is 11.6 Å². The molecule has 2 aliphatic rings. The van der Waals surface area contributed by atoms with Gasteiger partial charge in [0.2, 0.25) is 5.91 Å². The zero-order valence-electron chi connectivity index (χ0n) is 22.7. The lowest BCUT2D eigenvalue weighted by Gasteiger charge is -2.36. The van der Waals surface area contributed by atoms with Crippen LogP contribution in [0, 0.1) is 30.2 Å². The fourth-order valence-electron chi connectivity index (χ4n) is 5.08. The van der Waals surface area contributed by atoms with Crippen molar-refractivity contribution in [1.29, 1.82) is 0 Å². The minimum absolute atomic E-state index is 0.118. The van der Waals surface area contributed by atoms with E-state index in [9.17, 15) is 31.9 Å². The number of nitrogens with two attached hydrogens (primary N) is 1. The van der Waals surface area contributed by atoms with E-state index in [1.165, 1.54) is 40.0 Å². The summed E-state index contributed by atoms with van der Waals surface area (Å²) in [6.07, 6.45) is 0.949. The molecule has 0 aliphatic carbocycles. The molecule has 220 valence electrons. The minimum atomic E-state index is -1.32. The maximum absolute atomic E-state index is 14.1. The Hall–Kier alpha value is -4.52. The number of anilines is 1. The first-order chi connectivity index (χ1) is 20.0. The number of hydrogen-bond acceptors (Lipinski definition) is 5. The molecule has 2 aromatic carbocycles. The number of carbonyl (C=O) groups excluding carboxylic acids is 3. The third-order valence-electron chi connectivity index (χ3n) is 7.23. The second-order valence-corrected chi connectivity index (χ2v) is 10.3. The van der Waals surface area contributed by atoms with Gasteiger partial charge in [-0.2, -0.15) is 5.10 Å². The van der Waals surface area contributed by atoms with Gasteiger partial charge in [-0.3, -0.25) is 19.3 Å². The topological polar surface area (TPSA) is 105 Å². The quantitative estimate of drug-likeness (QED) is 0.355. The summed E-state index contributed by atoms with van der Waals surface area (Å²) in [5.74, 6) is -4.59. The van der Waals surface area contributed by atoms with Crippen LogP contribution >= 0.6 is 0 Å². The molecule has 1 aromatic heterocycles. The maximum Gasteiger partial charge on any atom is 0.253 e. The van der Waals surface area contributed by atoms with E-state index in [0.29, 0.717) is 23.1 Å². The van der Waals surface area contributed by atoms with Crippen molar-refractivity contribution in [3.8, 4) is 0 Å². The standard InChI is InChI=1S/C29H28F4N6O3/c1-17-10-26-38(27(40)13-22(34)11-19-12-24(32)25(33)14-23(19)31)15-20(16-39(26)35-17)29(42)37-8-6-36(7-9-37)28(41)18-2-4-21(30)5-3-18/h2-5,10,12,14-15,22H,6-9,11,13,16,34H2,1H3/t22-/m1/s1. The predicted octanol–water partition coefficient (Wildman–Crippen LogP) is 2.92. The molecule has 0 spiro atoms. The van der Waals surface area contributed by atoms with E-state index in [1.807, 2.05) is 0 Å². The summed E-state index contributed by atoms with van der Waals surface area (Å²) in [5, 5.41) is 4.39. The van der Waals surface area contributed by atoms with Crippen molar-refractivity contribution in [2.24, 2.45) is 5.73 Å². The molecule has 9 nitrogen and oxygen atoms in total. The summed E-state index contributed by atoms with van der Waals surface area (Å²) in [6, 6.07) is 7.17. The molecule has 3 aromatic rings. The Morgan fingerprint density at radius 2 is 1.50 bits per heavy atom. The molecule has 0 saturated carbocycles. The van der Waals surface area contributed by atoms with Gasteiger partial charge in [0.25, 0.3) is 11.8 Å². The van der Waals surface area contributed by atoms with Gasteiger partial charge in [0.1, 0.15) is 17.5 Å². The first-order valence-corrected chi connectivity index (χ1v) is 13.3. The number of halogens is 4. The monoisotopic (exact) mass is 584 g/mol. The summed E-state index contributed by atoms with van der Waals surface area (Å²) in [6.45, 7) is 2.93. The molecule has 42 heavy (non-hydrogen) atoms. The van der Waals surface area contributed by atoms with Crippen molar-refractivity contribution in [3.05, 3.63) is 94.3 Å². The van der Waals surface area contributed by atoms with Gasteiger partial charge in [-0.25, -0.2) is 22.2 Å². The molecule has 1 fully saturated rings. The molecule has 0 radical (unpaired) electrons. The first-order valence-electron chi connectivity index (χ1n) is 13.3. The Bertz CT molecular complexity index is 1560. The lowest BCUT2D eigenvalue weighted by Crippen LogP contribution is -2.51. The van der Waals surface area contributed by atoms with Crippen LogP contribution in [0.3, 0.4) is 0 Å². The molecular weight excluding hydrogens is 556 g/mol. The summed E-state index contributed by atoms with van der Waals surface area (Å²) < 4.78 is 55.8. The van der Waals surface area contributed by atoms with E-state index in [1.54, 1.807) is 22.8 Å². The van der Waals surface area contributed by atoms with Gasteiger partial charge >= 0.3 is 0 Å². The molecule has 2 N–H and O–H groups in total. The van der Waals surface area contributed by atoms with E-state index >= 15 is 0 Å². The number of hydrogen-bond donors (Lipinski definition) is 1. The van der Waals surface area contributed by atoms with Crippen LogP contribution in [0.4, 0.5) is 23.4 Å². The fourth-order valence-corrected chi connectivity index (χ4v) is 5.08. The van der Waals surface area contributed by atoms with Gasteiger partial charge in [-0.15, -0.1) is 0 Å². The number of rotatable bonds is 6. The normalized spacial score (nSPS) is 15.8. The van der Waals surface area contributed by atoms with Gasteiger partial charge in [0.05, 0.1) is 17.8 Å². The number of benzene rings is 2. The molecule has 3 heterocycles. The van der Waals surface area contributed by atoms with Gasteiger partial charge in [0, 0.05) is 62.5 Å². The van der Waals surface area contributed by atoms with Gasteiger partial charge in [-0.05, 0) is 49.2 Å². The van der Waals surface area contributed by atoms with Crippen LogP contribution in [0.25, 0.3) is 0 Å². The average Bonchev–Trinajstić information content (AvgIpc) is 3.35. The highest BCUT2D eigenvalue weighted by molar-refractivity contribution is 6.00. The number of amides is 3. The molecule has 13 heteroatoms. The minimum Gasteiger partial charge on any atom is -0.335 e. The van der Waals surface area contributed by atoms with E-state index in [4.69, 9.17) is 5.73 Å². The Morgan fingerprint density at radius 1 is 0.881 bits per heavy atom. The largest absolute Gasteiger partial charge is 0.335 e. The highest BCUT2D eigenvalue weighted by Gasteiger charge is 2.32. The SMILES string of the molecule is Cc1cc2n(n1)CC(C(=O)N1CCN(C(=O)c3ccc(F)cc3)CC1)=CN2C(=O)C[C@H](N)Cc1cc(F)c(F)cc1F. The fraction of sp³-hybridized carbons (Fsp3) is 0.310. The van der Waals surface area contributed by atoms with Crippen LogP contribution in [-0.2, 0) is 22.6 Å². The number of aryl methyl sites for hydroxylation is 1. The molecule has 5 rings (SSSR count). The predicted molar refractivity (Wildman–Crippen MR) is 144 cm³/mol. The summed E-state index contributed by atoms with van der Waals surface area (Å²) >= 11 is 0. The van der Waals surface area contributed by atoms with Crippen LogP contribution in [0.15, 0.2) is 54.2 Å². The highest BCUT2D eigenvalue weighted by atomic mass is 19.2. The number of carbonyl (C=O) groups is 3. The molecule has 0 unspecified atom stereocenters. The molecular formula is C29H28F4N6O3. The van der Waals surface area contributed by atoms with Crippen LogP contribution in [0.5, 0.6) is 0 Å². The molecule has 1 atom stereocenters. The van der Waals surface area contributed by atoms with Crippen LogP contribution in [-0.4, -0.2) is 69.5 Å². The number of aromatic nitrogens is 2. The van der Waals surface area contributed by atoms with E-state index in [2.05, 4.69) is 5.10 Å². The van der Waals surface area contributed by atoms with Crippen molar-refractivity contribution in [3.63, 3.8) is 0 Å². The molecule has 3 amide bonds. The Morgan fingerprint density at radius 3 is 2.17 bits per heavy atom. The van der Waals surface area contributed by atoms with Crippen LogP contribution in [0.1, 0.15) is 28.0 Å². The molecule has 2 aliphatic heterocycles. The zero-order chi connectivity index (χ0) is 30.1. The van der Waals surface area contributed by atoms with E-state index < -0.39 is 35.2 Å². The molecule has 1 saturated heterocycles. The van der Waals surface area contributed by atoms with Gasteiger partial charge in [-0.1, -0.05) is 0 Å². The number of fused-ring (bicyclic) bond motifs is 1. The summed E-state index contributed by atoms with van der Waals surface area (Å²) in [7, 11) is 0. The average molecular weight is 585 g/mol. The lowest BCUT2D eigenvalue weighted by molar-refractivity contribution is -0.128. The van der Waals surface area contributed by atoms with Crippen molar-refractivity contribution in [2.45, 2.75) is 32.4 Å². The lowest BCUT2D eigenvalue weighted by atomic mass is 10.0. The number of nitrogens with zero attached hydrogens (tertiary/aromatic N) is 5. The van der Waals surface area contributed by atoms with Crippen molar-refractivity contribution in [1.82, 2.24) is 19.6 Å². The van der Waals surface area contributed by atoms with Crippen molar-refractivity contribution in [2.75, 3.05) is 31.1 Å². The second-order valence-electron chi connectivity index (χ2n) is 10.3. The van der Waals surface area contributed by atoms with Crippen LogP contribution in [0.2, 0.25) is 0 Å². The highest BCUT2D eigenvalue weighted by Crippen LogP contribution is 2.27. The third-order valence-corrected chi connectivity index (χ3v) is 7.23.